The molecule has 100 valence electrons. The monoisotopic (exact) mass is 275 g/mol. The third-order valence-electron chi connectivity index (χ3n) is 3.06. The van der Waals surface area contributed by atoms with Crippen LogP contribution in [0.4, 0.5) is 5.69 Å². The number of hydrogen-bond donors (Lipinski definition) is 1. The number of aryl methyl sites for hydroxylation is 3. The molecule has 0 spiro atoms. The van der Waals surface area contributed by atoms with Gasteiger partial charge in [-0.25, -0.2) is 4.79 Å². The van der Waals surface area contributed by atoms with Crippen molar-refractivity contribution in [1.29, 1.82) is 0 Å². The van der Waals surface area contributed by atoms with Crippen molar-refractivity contribution in [2.75, 3.05) is 12.8 Å². The maximum absolute atomic E-state index is 11.6. The number of benzene rings is 1. The van der Waals surface area contributed by atoms with E-state index in [9.17, 15) is 4.79 Å². The molecule has 1 aromatic heterocycles. The number of hydrogen-bond acceptors (Lipinski definition) is 4. The van der Waals surface area contributed by atoms with E-state index in [-0.39, 0.29) is 5.97 Å². The Morgan fingerprint density at radius 2 is 1.74 bits per heavy atom. The van der Waals surface area contributed by atoms with E-state index in [1.165, 1.54) is 35.1 Å². The third kappa shape index (κ3) is 2.49. The summed E-state index contributed by atoms with van der Waals surface area (Å²) in [5, 5.41) is 0. The lowest BCUT2D eigenvalue weighted by atomic mass is 9.98. The van der Waals surface area contributed by atoms with Gasteiger partial charge in [-0.05, 0) is 43.5 Å². The summed E-state index contributed by atoms with van der Waals surface area (Å²) in [4.78, 5) is 13.1. The van der Waals surface area contributed by atoms with Crippen molar-refractivity contribution >= 4 is 23.0 Å². The summed E-state index contributed by atoms with van der Waals surface area (Å²) < 4.78 is 4.74. The highest BCUT2D eigenvalue weighted by molar-refractivity contribution is 7.18. The number of rotatable bonds is 2. The zero-order chi connectivity index (χ0) is 14.2. The van der Waals surface area contributed by atoms with Crippen LogP contribution in [0.2, 0.25) is 0 Å². The number of thiophene rings is 1. The summed E-state index contributed by atoms with van der Waals surface area (Å²) in [6, 6.07) is 6.12. The quantitative estimate of drug-likeness (QED) is 0.850. The number of carbonyl (C=O) groups is 1. The van der Waals surface area contributed by atoms with E-state index >= 15 is 0 Å². The van der Waals surface area contributed by atoms with Crippen LogP contribution in [0.25, 0.3) is 10.4 Å². The molecule has 0 fully saturated rings. The molecule has 19 heavy (non-hydrogen) atoms. The van der Waals surface area contributed by atoms with Crippen molar-refractivity contribution in [3.8, 4) is 10.4 Å². The Labute approximate surface area is 117 Å². The molecule has 0 radical (unpaired) electrons. The first-order valence-corrected chi connectivity index (χ1v) is 6.81. The van der Waals surface area contributed by atoms with Gasteiger partial charge in [-0.3, -0.25) is 0 Å². The van der Waals surface area contributed by atoms with E-state index in [1.54, 1.807) is 0 Å². The normalized spacial score (nSPS) is 10.5. The maximum atomic E-state index is 11.6. The Morgan fingerprint density at radius 3 is 2.26 bits per heavy atom. The molecule has 0 unspecified atom stereocenters. The number of nitrogens with two attached hydrogens (primary N) is 1. The predicted molar refractivity (Wildman–Crippen MR) is 79.7 cm³/mol. The molecule has 0 saturated heterocycles. The SMILES string of the molecule is COC(=O)c1sc(-c2c(C)cc(C)cc2C)cc1N. The third-order valence-corrected chi connectivity index (χ3v) is 4.20. The summed E-state index contributed by atoms with van der Waals surface area (Å²) in [6.07, 6.45) is 0. The molecule has 1 heterocycles. The minimum Gasteiger partial charge on any atom is -0.465 e. The largest absolute Gasteiger partial charge is 0.465 e. The van der Waals surface area contributed by atoms with Crippen LogP contribution in [-0.4, -0.2) is 13.1 Å². The molecular weight excluding hydrogens is 258 g/mol. The van der Waals surface area contributed by atoms with Crippen LogP contribution < -0.4 is 5.73 Å². The van der Waals surface area contributed by atoms with Gasteiger partial charge in [0.2, 0.25) is 0 Å². The minimum absolute atomic E-state index is 0.379. The van der Waals surface area contributed by atoms with Crippen molar-refractivity contribution in [3.05, 3.63) is 39.8 Å². The fourth-order valence-electron chi connectivity index (χ4n) is 2.35. The van der Waals surface area contributed by atoms with Gasteiger partial charge in [-0.15, -0.1) is 11.3 Å². The topological polar surface area (TPSA) is 52.3 Å². The predicted octanol–water partition coefficient (Wildman–Crippen LogP) is 3.71. The lowest BCUT2D eigenvalue weighted by Gasteiger charge is -2.09. The highest BCUT2D eigenvalue weighted by atomic mass is 32.1. The standard InChI is InChI=1S/C15H17NO2S/c1-8-5-9(2)13(10(3)6-8)12-7-11(16)14(19-12)15(17)18-4/h5-7H,16H2,1-4H3. The molecule has 0 aliphatic rings. The molecule has 2 rings (SSSR count). The van der Waals surface area contributed by atoms with Crippen LogP contribution in [0.15, 0.2) is 18.2 Å². The average Bonchev–Trinajstić information content (AvgIpc) is 2.68. The zero-order valence-electron chi connectivity index (χ0n) is 11.5. The smallest absolute Gasteiger partial charge is 0.350 e. The Kier molecular flexibility index (Phi) is 3.62. The van der Waals surface area contributed by atoms with Gasteiger partial charge < -0.3 is 10.5 Å². The zero-order valence-corrected chi connectivity index (χ0v) is 12.4. The Bertz CT molecular complexity index is 621. The van der Waals surface area contributed by atoms with Gasteiger partial charge in [-0.2, -0.15) is 0 Å². The van der Waals surface area contributed by atoms with E-state index in [4.69, 9.17) is 10.5 Å². The van der Waals surface area contributed by atoms with Gasteiger partial charge in [0.05, 0.1) is 12.8 Å². The van der Waals surface area contributed by atoms with E-state index < -0.39 is 0 Å². The number of esters is 1. The molecule has 0 amide bonds. The van der Waals surface area contributed by atoms with Crippen LogP contribution in [0.5, 0.6) is 0 Å². The second-order valence-electron chi connectivity index (χ2n) is 4.66. The van der Waals surface area contributed by atoms with E-state index in [1.807, 2.05) is 6.07 Å². The Morgan fingerprint density at radius 1 is 1.16 bits per heavy atom. The van der Waals surface area contributed by atoms with Crippen molar-refractivity contribution in [2.45, 2.75) is 20.8 Å². The molecule has 2 aromatic rings. The summed E-state index contributed by atoms with van der Waals surface area (Å²) in [5.74, 6) is -0.379. The van der Waals surface area contributed by atoms with Gasteiger partial charge in [0, 0.05) is 4.88 Å². The molecule has 0 saturated carbocycles. The Balaban J connectivity index is 2.58. The van der Waals surface area contributed by atoms with Gasteiger partial charge in [0.15, 0.2) is 0 Å². The van der Waals surface area contributed by atoms with Gasteiger partial charge in [-0.1, -0.05) is 17.7 Å². The van der Waals surface area contributed by atoms with Crippen molar-refractivity contribution in [2.24, 2.45) is 0 Å². The van der Waals surface area contributed by atoms with Crippen LogP contribution in [0.3, 0.4) is 0 Å². The molecule has 4 heteroatoms. The highest BCUT2D eigenvalue weighted by Crippen LogP contribution is 2.37. The average molecular weight is 275 g/mol. The van der Waals surface area contributed by atoms with Gasteiger partial charge in [0.1, 0.15) is 4.88 Å². The molecule has 1 aromatic carbocycles. The summed E-state index contributed by atoms with van der Waals surface area (Å²) in [7, 11) is 1.36. The molecule has 2 N–H and O–H groups in total. The van der Waals surface area contributed by atoms with Crippen LogP contribution >= 0.6 is 11.3 Å². The molecule has 0 atom stereocenters. The maximum Gasteiger partial charge on any atom is 0.350 e. The van der Waals surface area contributed by atoms with Crippen LogP contribution in [-0.2, 0) is 4.74 Å². The fourth-order valence-corrected chi connectivity index (χ4v) is 3.52. The molecule has 3 nitrogen and oxygen atoms in total. The highest BCUT2D eigenvalue weighted by Gasteiger charge is 2.17. The van der Waals surface area contributed by atoms with Crippen molar-refractivity contribution in [1.82, 2.24) is 0 Å². The lowest BCUT2D eigenvalue weighted by molar-refractivity contribution is 0.0607. The molecule has 0 aliphatic heterocycles. The second kappa shape index (κ2) is 5.05. The van der Waals surface area contributed by atoms with Gasteiger partial charge >= 0.3 is 5.97 Å². The summed E-state index contributed by atoms with van der Waals surface area (Å²) >= 11 is 1.38. The first kappa shape index (κ1) is 13.6. The van der Waals surface area contributed by atoms with Crippen LogP contribution in [0.1, 0.15) is 26.4 Å². The Hall–Kier alpha value is -1.81. The number of anilines is 1. The summed E-state index contributed by atoms with van der Waals surface area (Å²) in [6.45, 7) is 6.22. The van der Waals surface area contributed by atoms with Crippen molar-refractivity contribution < 1.29 is 9.53 Å². The molecular formula is C15H17NO2S. The number of methoxy groups -OCH3 is 1. The number of ether oxygens (including phenoxy) is 1. The first-order chi connectivity index (χ1) is 8.93. The first-order valence-electron chi connectivity index (χ1n) is 6.00. The lowest BCUT2D eigenvalue weighted by Crippen LogP contribution is -2.00. The minimum atomic E-state index is -0.379. The van der Waals surface area contributed by atoms with E-state index in [0.717, 1.165) is 10.4 Å². The van der Waals surface area contributed by atoms with E-state index in [0.29, 0.717) is 10.6 Å². The van der Waals surface area contributed by atoms with Gasteiger partial charge in [0.25, 0.3) is 0 Å². The van der Waals surface area contributed by atoms with E-state index in [2.05, 4.69) is 32.9 Å². The molecule has 0 aliphatic carbocycles. The number of nitrogen functional groups attached to an aromatic ring is 1. The summed E-state index contributed by atoms with van der Waals surface area (Å²) in [5.41, 5.74) is 11.1. The molecule has 0 bridgehead atoms. The van der Waals surface area contributed by atoms with Crippen molar-refractivity contribution in [3.63, 3.8) is 0 Å². The number of carbonyl (C=O) groups excluding carboxylic acids is 1. The fraction of sp³-hybridized carbons (Fsp3) is 0.267. The van der Waals surface area contributed by atoms with Crippen LogP contribution in [0, 0.1) is 20.8 Å². The second-order valence-corrected chi connectivity index (χ2v) is 5.71.